The third-order valence-corrected chi connectivity index (χ3v) is 11.0. The number of nitriles is 1. The van der Waals surface area contributed by atoms with E-state index in [0.29, 0.717) is 0 Å². The lowest BCUT2D eigenvalue weighted by atomic mass is 9.87. The molecule has 2 aromatic rings. The minimum atomic E-state index is -4.82. The van der Waals surface area contributed by atoms with E-state index in [4.69, 9.17) is 34.0 Å². The minimum Gasteiger partial charge on any atom is -0.464 e. The van der Waals surface area contributed by atoms with Crippen molar-refractivity contribution in [1.29, 1.82) is 5.26 Å². The Morgan fingerprint density at radius 2 is 1.79 bits per heavy atom. The number of nitrogens with zero attached hydrogens (tertiary/aromatic N) is 4. The number of phosphoric acid groups is 1. The normalized spacial score (nSPS) is 25.0. The third-order valence-electron chi connectivity index (χ3n) is 8.92. The van der Waals surface area contributed by atoms with E-state index in [-0.39, 0.29) is 35.1 Å². The lowest BCUT2D eigenvalue weighted by Gasteiger charge is -2.32. The molecule has 0 amide bonds. The number of nitrogens with one attached hydrogen (secondary N) is 1. The molecule has 0 radical (unpaired) electrons. The van der Waals surface area contributed by atoms with Gasteiger partial charge in [0.25, 0.3) is 0 Å². The summed E-state index contributed by atoms with van der Waals surface area (Å²) in [4.78, 5) is 32.2. The summed E-state index contributed by atoms with van der Waals surface area (Å²) in [6, 6.07) is 10.4. The fourth-order valence-corrected chi connectivity index (χ4v) is 7.35. The predicted molar refractivity (Wildman–Crippen MR) is 186 cm³/mol. The van der Waals surface area contributed by atoms with E-state index in [1.807, 2.05) is 40.7 Å². The van der Waals surface area contributed by atoms with Crippen LogP contribution in [-0.4, -0.2) is 86.2 Å². The highest BCUT2D eigenvalue weighted by Crippen LogP contribution is 2.48. The molecule has 2 aliphatic rings. The SMILES string of the molecule is CCC(CC)COC(=O)[C@H](C)NP(=O)(OC[C@H]1O[C@@](C#N)(c2ccc3n2N=CN(COP(=O)(O)O)C3N)[C@H](O)[C@@H]1O)Oc1ccc(C(C)(C)C)cc1. The maximum Gasteiger partial charge on any atom is 0.471 e. The van der Waals surface area contributed by atoms with Crippen molar-refractivity contribution in [2.45, 2.75) is 95.9 Å². The van der Waals surface area contributed by atoms with Gasteiger partial charge in [-0.3, -0.25) is 13.8 Å². The minimum absolute atomic E-state index is 0.0355. The van der Waals surface area contributed by atoms with Crippen LogP contribution >= 0.6 is 15.6 Å². The topological polar surface area (TPSA) is 261 Å². The van der Waals surface area contributed by atoms with Gasteiger partial charge in [0.15, 0.2) is 0 Å². The van der Waals surface area contributed by atoms with Gasteiger partial charge in [0.2, 0.25) is 5.60 Å². The van der Waals surface area contributed by atoms with E-state index in [0.717, 1.165) is 24.7 Å². The largest absolute Gasteiger partial charge is 0.471 e. The second kappa shape index (κ2) is 16.5. The number of aliphatic hydroxyl groups excluding tert-OH is 2. The quantitative estimate of drug-likeness (QED) is 0.106. The number of ether oxygens (including phenoxy) is 2. The Bertz CT molecular complexity index is 1720. The molecule has 4 rings (SSSR count). The van der Waals surface area contributed by atoms with Crippen LogP contribution in [0.25, 0.3) is 0 Å². The van der Waals surface area contributed by atoms with Crippen molar-refractivity contribution < 1.29 is 57.0 Å². The average Bonchev–Trinajstić information content (AvgIpc) is 3.62. The number of benzene rings is 1. The van der Waals surface area contributed by atoms with Crippen LogP contribution < -0.4 is 15.3 Å². The standard InChI is InChI=1S/C32H48N6O12P2/c1-7-21(8-2)15-46-30(41)20(3)36-51(42,50-23-11-9-22(10-12-23)31(4,5)6)47-16-25-27(39)28(40)32(17-33,49-25)26-14-13-24-29(34)37(18-35-38(24)26)19-48-52(43,44)45/h9-14,18,20-21,25,27-29,39-40H,7-8,15-16,19,34H2,1-6H3,(H,36,42)(H2,43,44,45)/t20-,25+,27+,28+,29?,32-,51?/m0/s1. The monoisotopic (exact) mass is 770 g/mol. The van der Waals surface area contributed by atoms with Gasteiger partial charge in [-0.1, -0.05) is 59.6 Å². The first-order valence-corrected chi connectivity index (χ1v) is 19.8. The number of aliphatic hydroxyl groups is 2. The molecule has 1 aromatic carbocycles. The van der Waals surface area contributed by atoms with Crippen molar-refractivity contribution in [3.8, 4) is 11.8 Å². The summed E-state index contributed by atoms with van der Waals surface area (Å²) < 4.78 is 54.1. The first kappa shape index (κ1) is 41.6. The molecule has 20 heteroatoms. The zero-order chi connectivity index (χ0) is 38.6. The molecule has 1 aromatic heterocycles. The molecule has 1 fully saturated rings. The summed E-state index contributed by atoms with van der Waals surface area (Å²) >= 11 is 0. The molecule has 1 saturated heterocycles. The van der Waals surface area contributed by atoms with Crippen molar-refractivity contribution in [2.75, 3.05) is 19.9 Å². The molecule has 2 unspecified atom stereocenters. The summed E-state index contributed by atoms with van der Waals surface area (Å²) in [5.74, 6) is -0.393. The van der Waals surface area contributed by atoms with E-state index in [1.54, 1.807) is 24.3 Å². The smallest absolute Gasteiger partial charge is 0.464 e. The number of fused-ring (bicyclic) bond motifs is 1. The number of carbonyl (C=O) groups excluding carboxylic acids is 1. The number of phosphoric ester groups is 1. The van der Waals surface area contributed by atoms with Crippen LogP contribution in [0.3, 0.4) is 0 Å². The molecule has 0 bridgehead atoms. The van der Waals surface area contributed by atoms with Crippen molar-refractivity contribution in [3.05, 3.63) is 53.3 Å². The predicted octanol–water partition coefficient (Wildman–Crippen LogP) is 2.92. The van der Waals surface area contributed by atoms with Gasteiger partial charge < -0.3 is 44.6 Å². The maximum atomic E-state index is 14.3. The van der Waals surface area contributed by atoms with E-state index in [1.165, 1.54) is 28.6 Å². The second-order valence-electron chi connectivity index (χ2n) is 13.7. The Balaban J connectivity index is 1.56. The van der Waals surface area contributed by atoms with Gasteiger partial charge in [0, 0.05) is 0 Å². The van der Waals surface area contributed by atoms with Crippen LogP contribution in [0.1, 0.15) is 77.5 Å². The second-order valence-corrected chi connectivity index (χ2v) is 16.6. The third kappa shape index (κ3) is 9.49. The van der Waals surface area contributed by atoms with E-state index >= 15 is 0 Å². The molecule has 3 heterocycles. The van der Waals surface area contributed by atoms with Gasteiger partial charge in [-0.2, -0.15) is 15.5 Å². The highest BCUT2D eigenvalue weighted by molar-refractivity contribution is 7.52. The van der Waals surface area contributed by atoms with Crippen molar-refractivity contribution in [2.24, 2.45) is 16.8 Å². The number of rotatable bonds is 16. The number of aromatic nitrogens is 1. The highest BCUT2D eigenvalue weighted by Gasteiger charge is 2.58. The van der Waals surface area contributed by atoms with E-state index in [9.17, 15) is 29.4 Å². The summed E-state index contributed by atoms with van der Waals surface area (Å²) in [6.45, 7) is 10.4. The highest BCUT2D eigenvalue weighted by atomic mass is 31.2. The first-order chi connectivity index (χ1) is 24.3. The first-order valence-electron chi connectivity index (χ1n) is 16.7. The zero-order valence-corrected chi connectivity index (χ0v) is 31.6. The molecule has 288 valence electrons. The Morgan fingerprint density at radius 1 is 1.13 bits per heavy atom. The summed E-state index contributed by atoms with van der Waals surface area (Å²) in [5, 5.41) is 39.4. The number of carbonyl (C=O) groups is 1. The molecule has 18 nitrogen and oxygen atoms in total. The molecular weight excluding hydrogens is 722 g/mol. The summed E-state index contributed by atoms with van der Waals surface area (Å²) in [6.07, 6.45) is -3.39. The molecule has 0 spiro atoms. The van der Waals surface area contributed by atoms with Gasteiger partial charge in [-0.15, -0.1) is 0 Å². The van der Waals surface area contributed by atoms with Crippen LogP contribution in [-0.2, 0) is 43.5 Å². The summed E-state index contributed by atoms with van der Waals surface area (Å²) in [5.41, 5.74) is 5.01. The lowest BCUT2D eigenvalue weighted by molar-refractivity contribution is -0.146. The Hall–Kier alpha value is -3.17. The molecule has 2 aliphatic heterocycles. The Kier molecular flexibility index (Phi) is 13.2. The average molecular weight is 771 g/mol. The number of hydrogen-bond donors (Lipinski definition) is 6. The lowest BCUT2D eigenvalue weighted by Crippen LogP contribution is -2.43. The van der Waals surface area contributed by atoms with Crippen LogP contribution in [0, 0.1) is 17.2 Å². The molecule has 7 atom stereocenters. The molecule has 52 heavy (non-hydrogen) atoms. The maximum absolute atomic E-state index is 14.3. The van der Waals surface area contributed by atoms with Gasteiger partial charge >= 0.3 is 21.5 Å². The molecule has 7 N–H and O–H groups in total. The Labute approximate surface area is 302 Å². The van der Waals surface area contributed by atoms with Crippen molar-refractivity contribution in [3.63, 3.8) is 0 Å². The molecule has 0 saturated carbocycles. The fourth-order valence-electron chi connectivity index (χ4n) is 5.57. The zero-order valence-electron chi connectivity index (χ0n) is 29.9. The van der Waals surface area contributed by atoms with Gasteiger partial charge in [-0.25, -0.2) is 13.8 Å². The number of esters is 1. The molecule has 0 aliphatic carbocycles. The Morgan fingerprint density at radius 3 is 2.37 bits per heavy atom. The van der Waals surface area contributed by atoms with Gasteiger partial charge in [0.05, 0.1) is 24.6 Å². The van der Waals surface area contributed by atoms with Crippen molar-refractivity contribution >= 4 is 27.9 Å². The number of nitrogens with two attached hydrogens (primary N) is 1. The van der Waals surface area contributed by atoms with Crippen LogP contribution in [0.4, 0.5) is 0 Å². The fraction of sp³-hybridized carbons (Fsp3) is 0.594. The summed E-state index contributed by atoms with van der Waals surface area (Å²) in [7, 11) is -9.28. The van der Waals surface area contributed by atoms with Gasteiger partial charge in [-0.05, 0) is 48.1 Å². The number of hydrogen-bond acceptors (Lipinski definition) is 14. The van der Waals surface area contributed by atoms with Crippen LogP contribution in [0.2, 0.25) is 0 Å². The van der Waals surface area contributed by atoms with E-state index < -0.39 is 71.0 Å². The van der Waals surface area contributed by atoms with E-state index in [2.05, 4.69) is 14.7 Å². The molecular formula is C32H48N6O12P2. The van der Waals surface area contributed by atoms with Crippen molar-refractivity contribution in [1.82, 2.24) is 14.7 Å². The van der Waals surface area contributed by atoms with Gasteiger partial charge in [0.1, 0.15) is 55.4 Å². The van der Waals surface area contributed by atoms with Crippen LogP contribution in [0.15, 0.2) is 41.5 Å². The van der Waals surface area contributed by atoms with Crippen LogP contribution in [0.5, 0.6) is 5.75 Å².